The molecular formula is C24H48O2Si2. The minimum absolute atomic E-state index is 0.110. The van der Waals surface area contributed by atoms with Gasteiger partial charge in [-0.1, -0.05) is 66.9 Å². The Morgan fingerprint density at radius 1 is 1.00 bits per heavy atom. The van der Waals surface area contributed by atoms with Crippen molar-refractivity contribution in [2.24, 2.45) is 17.8 Å². The molecular weight excluding hydrogens is 376 g/mol. The van der Waals surface area contributed by atoms with E-state index in [1.165, 1.54) is 0 Å². The van der Waals surface area contributed by atoms with Gasteiger partial charge in [0.25, 0.3) is 0 Å². The predicted molar refractivity (Wildman–Crippen MR) is 131 cm³/mol. The third-order valence-corrected chi connectivity index (χ3v) is 11.7. The molecule has 0 saturated carbocycles. The van der Waals surface area contributed by atoms with E-state index in [1.54, 1.807) is 0 Å². The Kier molecular flexibility index (Phi) is 10.5. The van der Waals surface area contributed by atoms with Crippen LogP contribution in [0.5, 0.6) is 0 Å². The fraction of sp³-hybridized carbons (Fsp3) is 0.833. The second-order valence-corrected chi connectivity index (χ2v) is 20.4. The normalized spacial score (nSPS) is 19.5. The fourth-order valence-electron chi connectivity index (χ4n) is 3.32. The van der Waals surface area contributed by atoms with Crippen molar-refractivity contribution in [2.45, 2.75) is 112 Å². The average Bonchev–Trinajstić information content (AvgIpc) is 2.54. The molecule has 5 atom stereocenters. The number of hydrogen-bond acceptors (Lipinski definition) is 2. The van der Waals surface area contributed by atoms with Crippen molar-refractivity contribution in [3.05, 3.63) is 11.6 Å². The highest BCUT2D eigenvalue weighted by Gasteiger charge is 2.43. The molecule has 0 aromatic heterocycles. The van der Waals surface area contributed by atoms with Gasteiger partial charge in [-0.25, -0.2) is 0 Å². The summed E-state index contributed by atoms with van der Waals surface area (Å²) in [5, 5.41) is 0.194. The van der Waals surface area contributed by atoms with Crippen molar-refractivity contribution in [1.82, 2.24) is 0 Å². The van der Waals surface area contributed by atoms with E-state index < -0.39 is 16.6 Å². The third kappa shape index (κ3) is 8.57. The lowest BCUT2D eigenvalue weighted by Crippen LogP contribution is -2.51. The molecule has 0 aromatic rings. The smallest absolute Gasteiger partial charge is 0.192 e. The molecule has 0 heterocycles. The number of allylic oxidation sites excluding steroid dienone is 1. The van der Waals surface area contributed by atoms with E-state index in [-0.39, 0.29) is 23.2 Å². The molecule has 164 valence electrons. The van der Waals surface area contributed by atoms with Crippen LogP contribution in [0.25, 0.3) is 0 Å². The summed E-state index contributed by atoms with van der Waals surface area (Å²) in [6.45, 7) is 29.6. The molecule has 0 aliphatic heterocycles. The van der Waals surface area contributed by atoms with Crippen molar-refractivity contribution in [2.75, 3.05) is 0 Å². The summed E-state index contributed by atoms with van der Waals surface area (Å²) in [6.07, 6.45) is 9.22. The van der Waals surface area contributed by atoms with Gasteiger partial charge in [0.1, 0.15) is 0 Å². The number of hydrogen-bond donors (Lipinski definition) is 0. The summed E-state index contributed by atoms with van der Waals surface area (Å²) in [5.41, 5.74) is 0.981. The molecule has 0 unspecified atom stereocenters. The van der Waals surface area contributed by atoms with Gasteiger partial charge < -0.3 is 8.85 Å². The van der Waals surface area contributed by atoms with E-state index >= 15 is 0 Å². The van der Waals surface area contributed by atoms with Crippen molar-refractivity contribution in [3.63, 3.8) is 0 Å². The average molecular weight is 425 g/mol. The van der Waals surface area contributed by atoms with Crippen LogP contribution in [0, 0.1) is 30.1 Å². The van der Waals surface area contributed by atoms with Crippen LogP contribution in [-0.4, -0.2) is 28.8 Å². The molecule has 0 amide bonds. The highest BCUT2D eigenvalue weighted by atomic mass is 28.4. The first-order valence-electron chi connectivity index (χ1n) is 11.0. The van der Waals surface area contributed by atoms with Gasteiger partial charge >= 0.3 is 0 Å². The summed E-state index contributed by atoms with van der Waals surface area (Å²) in [5.74, 6) is 3.81. The summed E-state index contributed by atoms with van der Waals surface area (Å²) in [6, 6.07) is 0. The van der Waals surface area contributed by atoms with Crippen LogP contribution in [0.3, 0.4) is 0 Å². The first kappa shape index (κ1) is 27.7. The first-order valence-corrected chi connectivity index (χ1v) is 17.3. The lowest BCUT2D eigenvalue weighted by molar-refractivity contribution is -0.00545. The van der Waals surface area contributed by atoms with E-state index in [9.17, 15) is 0 Å². The van der Waals surface area contributed by atoms with Crippen LogP contribution in [0.2, 0.25) is 37.8 Å². The molecule has 0 spiro atoms. The summed E-state index contributed by atoms with van der Waals surface area (Å²) in [7, 11) is -3.60. The summed E-state index contributed by atoms with van der Waals surface area (Å²) in [4.78, 5) is 0. The van der Waals surface area contributed by atoms with E-state index in [2.05, 4.69) is 93.2 Å². The van der Waals surface area contributed by atoms with Crippen LogP contribution in [0.15, 0.2) is 11.6 Å². The Labute approximate surface area is 179 Å². The lowest BCUT2D eigenvalue weighted by Gasteiger charge is -2.46. The summed E-state index contributed by atoms with van der Waals surface area (Å²) < 4.78 is 13.8. The third-order valence-electron chi connectivity index (χ3n) is 6.23. The minimum atomic E-state index is -1.88. The van der Waals surface area contributed by atoms with Gasteiger partial charge in [-0.2, -0.15) is 0 Å². The van der Waals surface area contributed by atoms with Gasteiger partial charge in [-0.3, -0.25) is 0 Å². The van der Waals surface area contributed by atoms with Crippen LogP contribution >= 0.6 is 0 Å². The highest BCUT2D eigenvalue weighted by molar-refractivity contribution is 6.74. The molecule has 0 aliphatic rings. The predicted octanol–water partition coefficient (Wildman–Crippen LogP) is 7.49. The number of rotatable bonds is 10. The molecule has 0 rings (SSSR count). The SMILES string of the molecule is C#C/C(C)=C/[C@@H](C)[C@@H](O[Si](C)(C)C)[C@@H](C)[C@H](O[Si](C)(C)C(C)(C)C)[C@@H](C)CC. The van der Waals surface area contributed by atoms with Crippen molar-refractivity contribution >= 4 is 16.6 Å². The minimum Gasteiger partial charge on any atom is -0.414 e. The van der Waals surface area contributed by atoms with E-state index in [0.29, 0.717) is 11.8 Å². The second kappa shape index (κ2) is 10.6. The van der Waals surface area contributed by atoms with Crippen LogP contribution < -0.4 is 0 Å². The standard InChI is InChI=1S/C24H48O2Si2/c1-15-18(3)17-20(5)23(25-27(10,11)12)21(6)22(19(4)16-2)26-28(13,14)24(7,8)9/h1,17,19-23H,16H2,2-14H3/b18-17+/t19-,20+,21-,22+,23+/m0/s1. The molecule has 0 N–H and O–H groups in total. The Balaban J connectivity index is 6.01. The molecule has 0 fully saturated rings. The van der Waals surface area contributed by atoms with Gasteiger partial charge in [-0.05, 0) is 56.2 Å². The second-order valence-electron chi connectivity index (χ2n) is 11.1. The van der Waals surface area contributed by atoms with Crippen LogP contribution in [-0.2, 0) is 8.85 Å². The molecule has 4 heteroatoms. The molecule has 0 radical (unpaired) electrons. The van der Waals surface area contributed by atoms with Gasteiger partial charge in [-0.15, -0.1) is 6.42 Å². The zero-order valence-corrected chi connectivity index (χ0v) is 23.1. The number of terminal acetylenes is 1. The van der Waals surface area contributed by atoms with E-state index in [1.807, 2.05) is 6.92 Å². The molecule has 28 heavy (non-hydrogen) atoms. The maximum absolute atomic E-state index is 7.01. The first-order chi connectivity index (χ1) is 12.5. The quantitative estimate of drug-likeness (QED) is 0.267. The fourth-order valence-corrected chi connectivity index (χ4v) is 6.04. The van der Waals surface area contributed by atoms with Crippen molar-refractivity contribution in [3.8, 4) is 12.3 Å². The van der Waals surface area contributed by atoms with Crippen LogP contribution in [0.1, 0.15) is 61.8 Å². The highest BCUT2D eigenvalue weighted by Crippen LogP contribution is 2.41. The van der Waals surface area contributed by atoms with E-state index in [0.717, 1.165) is 12.0 Å². The van der Waals surface area contributed by atoms with Crippen molar-refractivity contribution < 1.29 is 8.85 Å². The molecule has 0 saturated heterocycles. The Morgan fingerprint density at radius 2 is 1.50 bits per heavy atom. The van der Waals surface area contributed by atoms with E-state index in [4.69, 9.17) is 15.3 Å². The van der Waals surface area contributed by atoms with Gasteiger partial charge in [0.15, 0.2) is 16.6 Å². The Hall–Kier alpha value is -0.346. The maximum Gasteiger partial charge on any atom is 0.192 e. The van der Waals surface area contributed by atoms with Gasteiger partial charge in [0, 0.05) is 11.8 Å². The largest absolute Gasteiger partial charge is 0.414 e. The van der Waals surface area contributed by atoms with Gasteiger partial charge in [0.05, 0.1) is 12.2 Å². The topological polar surface area (TPSA) is 18.5 Å². The lowest BCUT2D eigenvalue weighted by atomic mass is 9.83. The Bertz CT molecular complexity index is 546. The molecule has 2 nitrogen and oxygen atoms in total. The van der Waals surface area contributed by atoms with Crippen LogP contribution in [0.4, 0.5) is 0 Å². The monoisotopic (exact) mass is 424 g/mol. The summed E-state index contributed by atoms with van der Waals surface area (Å²) >= 11 is 0. The molecule has 0 aromatic carbocycles. The Morgan fingerprint density at radius 3 is 1.86 bits per heavy atom. The molecule has 0 aliphatic carbocycles. The molecule has 0 bridgehead atoms. The van der Waals surface area contributed by atoms with Crippen molar-refractivity contribution in [1.29, 1.82) is 0 Å². The zero-order chi connectivity index (χ0) is 22.5. The zero-order valence-electron chi connectivity index (χ0n) is 21.1. The maximum atomic E-state index is 7.01. The van der Waals surface area contributed by atoms with Gasteiger partial charge in [0.2, 0.25) is 0 Å².